The summed E-state index contributed by atoms with van der Waals surface area (Å²) in [5, 5.41) is 32.6. The van der Waals surface area contributed by atoms with Crippen molar-refractivity contribution in [1.29, 1.82) is 0 Å². The number of H-pyrrole nitrogens is 2. The maximum absolute atomic E-state index is 13.8. The highest BCUT2D eigenvalue weighted by molar-refractivity contribution is 7.89. The number of nitrogen functional groups attached to an aromatic ring is 2. The number of anilines is 2. The number of nitrogens with zero attached hydrogens (tertiary/aromatic N) is 8. The molecule has 15 atom stereocenters. The van der Waals surface area contributed by atoms with Crippen LogP contribution in [0.4, 0.5) is 11.8 Å². The van der Waals surface area contributed by atoms with Crippen LogP contribution in [0.5, 0.6) is 0 Å². The summed E-state index contributed by atoms with van der Waals surface area (Å²) in [5.74, 6) is -3.47. The second kappa shape index (κ2) is 20.7. The fourth-order valence-corrected chi connectivity index (χ4v) is 13.8. The Morgan fingerprint density at radius 3 is 2.16 bits per heavy atom. The van der Waals surface area contributed by atoms with E-state index in [2.05, 4.69) is 38.3 Å². The number of methoxy groups -OCH3 is 1. The van der Waals surface area contributed by atoms with E-state index in [4.69, 9.17) is 39.5 Å². The van der Waals surface area contributed by atoms with Gasteiger partial charge in [0.1, 0.15) is 42.4 Å². The van der Waals surface area contributed by atoms with E-state index in [9.17, 15) is 66.5 Å². The first kappa shape index (κ1) is 54.5. The average Bonchev–Trinajstić information content (AvgIpc) is 4.09. The number of hydrogen-bond donors (Lipinski definition) is 11. The number of fused-ring (bicyclic) bond motifs is 2. The number of sulfonamides is 1. The van der Waals surface area contributed by atoms with E-state index in [0.717, 1.165) is 23.2 Å². The van der Waals surface area contributed by atoms with Crippen molar-refractivity contribution < 1.29 is 93.3 Å². The van der Waals surface area contributed by atoms with Gasteiger partial charge in [-0.1, -0.05) is 11.9 Å². The van der Waals surface area contributed by atoms with Crippen molar-refractivity contribution in [3.8, 4) is 0 Å². The molecule has 0 radical (unpaired) electrons. The zero-order valence-corrected chi connectivity index (χ0v) is 41.5. The van der Waals surface area contributed by atoms with E-state index >= 15 is 0 Å². The van der Waals surface area contributed by atoms with Gasteiger partial charge < -0.3 is 60.4 Å². The fourth-order valence-electron chi connectivity index (χ4n) is 8.80. The smallest absolute Gasteiger partial charge is 0.387 e. The Balaban J connectivity index is 0.936. The van der Waals surface area contributed by atoms with Gasteiger partial charge in [0.15, 0.2) is 30.2 Å². The van der Waals surface area contributed by atoms with Gasteiger partial charge in [-0.2, -0.15) is 8.62 Å². The average molecular weight is 1120 g/mol. The first-order chi connectivity index (χ1) is 34.2. The highest BCUT2D eigenvalue weighted by Crippen LogP contribution is 2.68. The predicted octanol–water partition coefficient (Wildman–Crippen LogP) is -4.18. The molecule has 3 aliphatic rings. The molecule has 0 spiro atoms. The van der Waals surface area contributed by atoms with Crippen LogP contribution in [0, 0.1) is 11.8 Å². The third kappa shape index (κ3) is 11.4. The fraction of sp³-hybridized carbons (Fsp3) is 0.588. The number of nitrogens with one attached hydrogen (secondary N) is 3. The maximum Gasteiger partial charge on any atom is 0.490 e. The topological polar surface area (TPSA) is 498 Å². The molecular formula is C34H49N13O22P3S+. The molecule has 8 heterocycles. The number of aryl methyl sites for hydroxylation is 1. The van der Waals surface area contributed by atoms with Gasteiger partial charge in [0.05, 0.1) is 44.5 Å². The molecule has 0 aromatic carbocycles. The van der Waals surface area contributed by atoms with Crippen molar-refractivity contribution in [3.63, 3.8) is 0 Å². The summed E-state index contributed by atoms with van der Waals surface area (Å²) in [6.07, 6.45) is -9.76. The number of phosphoric ester groups is 2. The van der Waals surface area contributed by atoms with Gasteiger partial charge in [-0.25, -0.2) is 51.1 Å². The summed E-state index contributed by atoms with van der Waals surface area (Å²) < 4.78 is 116. The Hall–Kier alpha value is -4.78. The van der Waals surface area contributed by atoms with Crippen LogP contribution in [0.15, 0.2) is 45.6 Å². The number of rotatable bonds is 20. The predicted molar refractivity (Wildman–Crippen MR) is 240 cm³/mol. The molecule has 0 aliphatic carbocycles. The Kier molecular flexibility index (Phi) is 15.5. The second-order valence-corrected chi connectivity index (χ2v) is 23.2. The Labute approximate surface area is 408 Å². The highest BCUT2D eigenvalue weighted by atomic mass is 32.2. The number of aliphatic hydroxyl groups excluding tert-OH is 3. The minimum atomic E-state index is -6.12. The van der Waals surface area contributed by atoms with Crippen molar-refractivity contribution in [2.24, 2.45) is 18.9 Å². The molecule has 3 aliphatic heterocycles. The largest absolute Gasteiger partial charge is 0.490 e. The van der Waals surface area contributed by atoms with Crippen LogP contribution >= 0.6 is 23.5 Å². The number of aliphatic hydroxyl groups is 3. The van der Waals surface area contributed by atoms with Crippen molar-refractivity contribution >= 4 is 67.6 Å². The third-order valence-electron chi connectivity index (χ3n) is 12.1. The molecule has 0 saturated carbocycles. The number of aromatic amines is 2. The van der Waals surface area contributed by atoms with Crippen molar-refractivity contribution in [3.05, 3.63) is 62.4 Å². The molecular weight excluding hydrogens is 1070 g/mol. The van der Waals surface area contributed by atoms with E-state index in [1.807, 2.05) is 4.98 Å². The Morgan fingerprint density at radius 1 is 0.863 bits per heavy atom. The first-order valence-electron chi connectivity index (χ1n) is 21.4. The molecule has 3 unspecified atom stereocenters. The minimum absolute atomic E-state index is 0.0209. The molecule has 3 fully saturated rings. The molecule has 3 saturated heterocycles. The van der Waals surface area contributed by atoms with E-state index in [0.29, 0.717) is 0 Å². The third-order valence-corrected chi connectivity index (χ3v) is 17.8. The molecule has 5 aromatic heterocycles. The number of ether oxygens (including phenoxy) is 4. The normalized spacial score (nSPS) is 30.2. The molecule has 0 amide bonds. The Bertz CT molecular complexity index is 3320. The molecule has 0 bridgehead atoms. The van der Waals surface area contributed by atoms with Crippen LogP contribution in [0.2, 0.25) is 0 Å². The van der Waals surface area contributed by atoms with E-state index in [-0.39, 0.29) is 40.5 Å². The monoisotopic (exact) mass is 1120 g/mol. The summed E-state index contributed by atoms with van der Waals surface area (Å²) >= 11 is 0. The lowest BCUT2D eigenvalue weighted by molar-refractivity contribution is -0.745. The second-order valence-electron chi connectivity index (χ2n) is 16.8. The zero-order valence-electron chi connectivity index (χ0n) is 38.0. The molecule has 35 nitrogen and oxygen atoms in total. The maximum atomic E-state index is 13.8. The lowest BCUT2D eigenvalue weighted by Gasteiger charge is -2.24. The number of imidazole rings is 2. The standard InChI is InChI=1S/C34H48N13O22P3S/c1-4-14-17(66-30(22(14)49)47-13-44(2)21-28(47)42-33(36)43-29(21)52)8-63-70(54,55)68-72(58,59)69-71(56,57)64-9-18-15(25(62-3)32(67-18)46-12-39-20-26(35)37-11-38-27(20)46)10-73(60,61)40-7-16-23(50)24(51)31(65-16)45-6-5-19(48)41-34(45)53/h5-6,11-18,22-25,30-32,40,49-51H,4,7-10H2,1-3H3,(H8-,35,36,37,38,41,42,43,48,52,53,54,55,56,57,58,59)/p+1/t14-,15-,16-,17-,18-,22-,23-,24-,25-,30-,31-,32-/m1/s1. The van der Waals surface area contributed by atoms with E-state index in [1.54, 1.807) is 6.92 Å². The van der Waals surface area contributed by atoms with Gasteiger partial charge in [-0.05, 0) is 6.42 Å². The summed E-state index contributed by atoms with van der Waals surface area (Å²) in [7, 11) is -19.6. The molecule has 39 heteroatoms. The number of nitrogens with two attached hydrogens (primary N) is 2. The number of phosphoric acid groups is 3. The van der Waals surface area contributed by atoms with Crippen molar-refractivity contribution in [2.45, 2.75) is 74.8 Å². The number of aromatic nitrogens is 10. The zero-order chi connectivity index (χ0) is 53.1. The van der Waals surface area contributed by atoms with Crippen molar-refractivity contribution in [1.82, 2.24) is 48.3 Å². The van der Waals surface area contributed by atoms with Gasteiger partial charge in [-0.3, -0.25) is 42.3 Å². The summed E-state index contributed by atoms with van der Waals surface area (Å²) in [4.78, 5) is 88.6. The van der Waals surface area contributed by atoms with Gasteiger partial charge in [0.25, 0.3) is 17.1 Å². The van der Waals surface area contributed by atoms with Crippen LogP contribution in [0.25, 0.3) is 22.3 Å². The summed E-state index contributed by atoms with van der Waals surface area (Å²) in [6, 6.07) is 0.952. The van der Waals surface area contributed by atoms with Gasteiger partial charge >= 0.3 is 34.8 Å². The Morgan fingerprint density at radius 2 is 1.52 bits per heavy atom. The summed E-state index contributed by atoms with van der Waals surface area (Å²) in [6.45, 7) is -1.06. The SMILES string of the molecule is CC[C@H]1[C@@H](O)[C@H]([n+]2cn(C)c3c(=O)[nH]c(N)nc32)O[C@@H]1COP(=O)(O)OP(=O)(O)OP(=O)(O)OC[C@H]1O[C@@H](n2cnc3c(N)ncnc32)[C@H](OC)[C@@H]1CS(=O)(=O)NC[C@H]1O[C@@H](n2ccc(=O)[nH]c2=O)[C@H](O)[C@@H]1O. The van der Waals surface area contributed by atoms with Crippen LogP contribution < -0.4 is 37.6 Å². The first-order valence-corrected chi connectivity index (χ1v) is 27.6. The molecule has 13 N–H and O–H groups in total. The van der Waals surface area contributed by atoms with Crippen LogP contribution in [0.1, 0.15) is 32.0 Å². The van der Waals surface area contributed by atoms with Crippen LogP contribution in [-0.4, -0.2) is 157 Å². The molecule has 402 valence electrons. The van der Waals surface area contributed by atoms with Gasteiger partial charge in [0, 0.05) is 37.8 Å². The van der Waals surface area contributed by atoms with Gasteiger partial charge in [0.2, 0.25) is 21.8 Å². The van der Waals surface area contributed by atoms with Crippen molar-refractivity contribution in [2.75, 3.05) is 44.1 Å². The lowest BCUT2D eigenvalue weighted by atomic mass is 9.95. The minimum Gasteiger partial charge on any atom is -0.387 e. The molecule has 5 aromatic rings. The molecule has 73 heavy (non-hydrogen) atoms. The van der Waals surface area contributed by atoms with Crippen LogP contribution in [0.3, 0.4) is 0 Å². The van der Waals surface area contributed by atoms with E-state index < -0.39 is 149 Å². The van der Waals surface area contributed by atoms with Crippen LogP contribution in [-0.2, 0) is 67.4 Å². The summed E-state index contributed by atoms with van der Waals surface area (Å²) in [5.41, 5.74) is 9.57. The van der Waals surface area contributed by atoms with Gasteiger partial charge in [-0.15, -0.1) is 0 Å². The molecule has 8 rings (SSSR count). The lowest BCUT2D eigenvalue weighted by Crippen LogP contribution is -2.45. The quantitative estimate of drug-likeness (QED) is 0.0260. The van der Waals surface area contributed by atoms with E-state index in [1.165, 1.54) is 40.5 Å². The number of hydrogen-bond acceptors (Lipinski definition) is 25. The highest BCUT2D eigenvalue weighted by Gasteiger charge is 2.52.